The lowest BCUT2D eigenvalue weighted by Crippen LogP contribution is -2.28. The van der Waals surface area contributed by atoms with Crippen molar-refractivity contribution in [1.82, 2.24) is 31.2 Å². The van der Waals surface area contributed by atoms with Crippen molar-refractivity contribution in [3.63, 3.8) is 0 Å². The molecule has 1 aromatic carbocycles. The monoisotopic (exact) mass is 514 g/mol. The number of nitrogens with one attached hydrogen (secondary N) is 4. The molecule has 10 heteroatoms. The van der Waals surface area contributed by atoms with Crippen LogP contribution >= 0.6 is 0 Å². The second-order valence-electron chi connectivity index (χ2n) is 8.92. The van der Waals surface area contributed by atoms with E-state index in [4.69, 9.17) is 0 Å². The summed E-state index contributed by atoms with van der Waals surface area (Å²) >= 11 is 0. The fourth-order valence-corrected chi connectivity index (χ4v) is 3.88. The molecular formula is C28H30N6O4. The standard InChI is InChI=1S/C28H30N6O4/c35-25-21-7-5-9-23(33-21)27(37)31-17-19-11-13-20(14-12-19)18-32-28(38)24-10-6-8-22(34-24)26(36)30-16-4-2-1-3-15-29-25/h5-14H,1-4,15-18H2,(H,29,35)(H,30,36)(H,31,37)(H,32,38). The molecule has 0 atom stereocenters. The van der Waals surface area contributed by atoms with Crippen molar-refractivity contribution in [1.29, 1.82) is 0 Å². The van der Waals surface area contributed by atoms with E-state index >= 15 is 0 Å². The molecule has 0 aliphatic carbocycles. The van der Waals surface area contributed by atoms with Gasteiger partial charge in [-0.3, -0.25) is 19.2 Å². The highest BCUT2D eigenvalue weighted by Gasteiger charge is 2.14. The highest BCUT2D eigenvalue weighted by Crippen LogP contribution is 2.07. The highest BCUT2D eigenvalue weighted by atomic mass is 16.2. The van der Waals surface area contributed by atoms with Crippen molar-refractivity contribution < 1.29 is 19.2 Å². The van der Waals surface area contributed by atoms with E-state index in [1.807, 2.05) is 24.3 Å². The van der Waals surface area contributed by atoms with Crippen LogP contribution in [-0.2, 0) is 13.1 Å². The van der Waals surface area contributed by atoms with E-state index < -0.39 is 0 Å². The van der Waals surface area contributed by atoms with Gasteiger partial charge in [0.15, 0.2) is 0 Å². The number of aromatic nitrogens is 2. The molecule has 38 heavy (non-hydrogen) atoms. The molecule has 5 rings (SSSR count). The lowest BCUT2D eigenvalue weighted by atomic mass is 10.1. The summed E-state index contributed by atoms with van der Waals surface area (Å²) in [5.41, 5.74) is 2.43. The first-order valence-corrected chi connectivity index (χ1v) is 12.6. The summed E-state index contributed by atoms with van der Waals surface area (Å²) in [6, 6.07) is 17.0. The lowest BCUT2D eigenvalue weighted by molar-refractivity contribution is 0.0925. The number of pyridine rings is 2. The molecule has 3 aromatic rings. The first-order chi connectivity index (χ1) is 18.5. The SMILES string of the molecule is O=C1NCCCCCCNC(=O)c2cccc(n2)C(=O)NCc2ccc(cc2)CNC(=O)c2cccc1n2. The molecule has 0 fully saturated rings. The van der Waals surface area contributed by atoms with Crippen molar-refractivity contribution >= 4 is 23.6 Å². The molecule has 2 aliphatic heterocycles. The second-order valence-corrected chi connectivity index (χ2v) is 8.92. The number of rotatable bonds is 0. The predicted octanol–water partition coefficient (Wildman–Crippen LogP) is 2.37. The van der Waals surface area contributed by atoms with Crippen LogP contribution in [0.25, 0.3) is 0 Å². The molecule has 2 aromatic heterocycles. The average molecular weight is 515 g/mol. The van der Waals surface area contributed by atoms with Gasteiger partial charge in [-0.15, -0.1) is 0 Å². The van der Waals surface area contributed by atoms with Gasteiger partial charge >= 0.3 is 0 Å². The van der Waals surface area contributed by atoms with Gasteiger partial charge in [0.1, 0.15) is 22.8 Å². The highest BCUT2D eigenvalue weighted by molar-refractivity contribution is 5.97. The molecule has 10 nitrogen and oxygen atoms in total. The Morgan fingerprint density at radius 2 is 0.789 bits per heavy atom. The van der Waals surface area contributed by atoms with Crippen LogP contribution in [-0.4, -0.2) is 46.7 Å². The number of carbonyl (C=O) groups is 4. The maximum Gasteiger partial charge on any atom is 0.270 e. The number of hydrogen-bond donors (Lipinski definition) is 4. The third-order valence-electron chi connectivity index (χ3n) is 6.03. The van der Waals surface area contributed by atoms with Crippen molar-refractivity contribution in [2.45, 2.75) is 38.8 Å². The molecule has 196 valence electrons. The zero-order chi connectivity index (χ0) is 26.7. The van der Waals surface area contributed by atoms with Gasteiger partial charge in [-0.2, -0.15) is 0 Å². The van der Waals surface area contributed by atoms with Gasteiger partial charge < -0.3 is 21.3 Å². The molecule has 2 aliphatic rings. The van der Waals surface area contributed by atoms with E-state index in [0.29, 0.717) is 13.1 Å². The van der Waals surface area contributed by atoms with Crippen LogP contribution < -0.4 is 21.3 Å². The average Bonchev–Trinajstić information content (AvgIpc) is 2.96. The Balaban J connectivity index is 1.45. The zero-order valence-corrected chi connectivity index (χ0v) is 21.0. The summed E-state index contributed by atoms with van der Waals surface area (Å²) in [5.74, 6) is -1.41. The van der Waals surface area contributed by atoms with Crippen LogP contribution in [0.3, 0.4) is 0 Å². The largest absolute Gasteiger partial charge is 0.351 e. The van der Waals surface area contributed by atoms with Crippen LogP contribution in [0.1, 0.15) is 78.8 Å². The Hall–Kier alpha value is -4.60. The lowest BCUT2D eigenvalue weighted by Gasteiger charge is -2.10. The minimum atomic E-state index is -0.376. The Morgan fingerprint density at radius 1 is 0.447 bits per heavy atom. The number of nitrogens with zero attached hydrogens (tertiary/aromatic N) is 2. The summed E-state index contributed by atoms with van der Waals surface area (Å²) in [7, 11) is 0. The molecule has 0 saturated heterocycles. The number of carbonyl (C=O) groups excluding carboxylic acids is 4. The van der Waals surface area contributed by atoms with Gasteiger partial charge in [-0.25, -0.2) is 9.97 Å². The van der Waals surface area contributed by atoms with E-state index in [9.17, 15) is 19.2 Å². The summed E-state index contributed by atoms with van der Waals surface area (Å²) < 4.78 is 0. The molecule has 6 bridgehead atoms. The van der Waals surface area contributed by atoms with Gasteiger partial charge in [0.05, 0.1) is 0 Å². The van der Waals surface area contributed by atoms with Crippen molar-refractivity contribution in [2.24, 2.45) is 0 Å². The van der Waals surface area contributed by atoms with Crippen LogP contribution in [0.4, 0.5) is 0 Å². The van der Waals surface area contributed by atoms with Gasteiger partial charge in [-0.1, -0.05) is 49.2 Å². The van der Waals surface area contributed by atoms with Crippen LogP contribution in [0, 0.1) is 0 Å². The fourth-order valence-electron chi connectivity index (χ4n) is 3.88. The third kappa shape index (κ3) is 7.45. The third-order valence-corrected chi connectivity index (χ3v) is 6.03. The maximum atomic E-state index is 12.6. The Bertz CT molecular complexity index is 1210. The maximum absolute atomic E-state index is 12.6. The van der Waals surface area contributed by atoms with Gasteiger partial charge in [0, 0.05) is 26.2 Å². The predicted molar refractivity (Wildman–Crippen MR) is 140 cm³/mol. The molecule has 0 unspecified atom stereocenters. The van der Waals surface area contributed by atoms with Gasteiger partial charge in [0.2, 0.25) is 0 Å². The van der Waals surface area contributed by atoms with E-state index in [1.165, 1.54) is 0 Å². The quantitative estimate of drug-likeness (QED) is 0.363. The zero-order valence-electron chi connectivity index (χ0n) is 21.0. The number of benzene rings is 1. The van der Waals surface area contributed by atoms with Crippen molar-refractivity contribution in [3.8, 4) is 0 Å². The van der Waals surface area contributed by atoms with Gasteiger partial charge in [0.25, 0.3) is 23.6 Å². The Labute approximate surface area is 220 Å². The Morgan fingerprint density at radius 3 is 1.16 bits per heavy atom. The first kappa shape index (κ1) is 26.5. The number of amides is 4. The fraction of sp³-hybridized carbons (Fsp3) is 0.286. The second kappa shape index (κ2) is 13.1. The molecule has 4 N–H and O–H groups in total. The molecule has 0 radical (unpaired) electrons. The minimum Gasteiger partial charge on any atom is -0.351 e. The minimum absolute atomic E-state index is 0.165. The van der Waals surface area contributed by atoms with Crippen LogP contribution in [0.15, 0.2) is 60.7 Å². The molecule has 4 amide bonds. The summed E-state index contributed by atoms with van der Waals surface area (Å²) in [5, 5.41) is 11.3. The number of fused-ring (bicyclic) bond motifs is 15. The van der Waals surface area contributed by atoms with Crippen LogP contribution in [0.5, 0.6) is 0 Å². The van der Waals surface area contributed by atoms with E-state index in [-0.39, 0.29) is 59.5 Å². The Kier molecular flexibility index (Phi) is 9.12. The van der Waals surface area contributed by atoms with Crippen LogP contribution in [0.2, 0.25) is 0 Å². The van der Waals surface area contributed by atoms with Gasteiger partial charge in [-0.05, 0) is 48.2 Å². The topological polar surface area (TPSA) is 142 Å². The molecule has 0 saturated carbocycles. The number of hydrogen-bond acceptors (Lipinski definition) is 6. The van der Waals surface area contributed by atoms with E-state index in [0.717, 1.165) is 36.8 Å². The van der Waals surface area contributed by atoms with E-state index in [2.05, 4.69) is 31.2 Å². The first-order valence-electron chi connectivity index (χ1n) is 12.6. The normalized spacial score (nSPS) is 16.1. The summed E-state index contributed by atoms with van der Waals surface area (Å²) in [4.78, 5) is 58.5. The van der Waals surface area contributed by atoms with Crippen molar-refractivity contribution in [3.05, 3.63) is 94.6 Å². The molecule has 0 spiro atoms. The van der Waals surface area contributed by atoms with E-state index in [1.54, 1.807) is 36.4 Å². The van der Waals surface area contributed by atoms with Crippen molar-refractivity contribution in [2.75, 3.05) is 13.1 Å². The summed E-state index contributed by atoms with van der Waals surface area (Å²) in [6.07, 6.45) is 3.30. The summed E-state index contributed by atoms with van der Waals surface area (Å²) in [6.45, 7) is 1.53. The molecular weight excluding hydrogens is 484 g/mol. The smallest absolute Gasteiger partial charge is 0.270 e. The molecule has 4 heterocycles.